The van der Waals surface area contributed by atoms with Crippen molar-refractivity contribution >= 4 is 5.91 Å². The number of phenols is 1. The van der Waals surface area contributed by atoms with Crippen LogP contribution in [0.25, 0.3) is 11.3 Å². The molecule has 3 rings (SSSR count). The van der Waals surface area contributed by atoms with E-state index in [0.29, 0.717) is 37.0 Å². The molecule has 2 heterocycles. The lowest BCUT2D eigenvalue weighted by Crippen LogP contribution is -2.44. The molecule has 1 unspecified atom stereocenters. The summed E-state index contributed by atoms with van der Waals surface area (Å²) in [5.41, 5.74) is 0.507. The summed E-state index contributed by atoms with van der Waals surface area (Å²) in [6.45, 7) is 2.61. The van der Waals surface area contributed by atoms with E-state index >= 15 is 0 Å². The third-order valence-electron chi connectivity index (χ3n) is 4.85. The first kappa shape index (κ1) is 20.1. The van der Waals surface area contributed by atoms with Crippen molar-refractivity contribution in [2.45, 2.75) is 38.5 Å². The Morgan fingerprint density at radius 1 is 1.29 bits per heavy atom. The topological polar surface area (TPSA) is 78.4 Å². The number of nitrogens with zero attached hydrogens (tertiary/aromatic N) is 3. The summed E-state index contributed by atoms with van der Waals surface area (Å²) in [6.07, 6.45) is -3.25. The second kappa shape index (κ2) is 7.75. The van der Waals surface area contributed by atoms with Crippen molar-refractivity contribution < 1.29 is 23.1 Å². The SMILES string of the molecule is Cc1cc(C(F)(F)F)cc(O)c1-c1ccc(CNC2CCN(C)C(=O)C2)nn1. The fraction of sp³-hybridized carbons (Fsp3) is 0.421. The van der Waals surface area contributed by atoms with Gasteiger partial charge in [0, 0.05) is 38.2 Å². The van der Waals surface area contributed by atoms with Crippen molar-refractivity contribution in [2.75, 3.05) is 13.6 Å². The van der Waals surface area contributed by atoms with Crippen LogP contribution >= 0.6 is 0 Å². The lowest BCUT2D eigenvalue weighted by Gasteiger charge is -2.29. The van der Waals surface area contributed by atoms with E-state index in [1.807, 2.05) is 0 Å². The molecule has 1 aromatic heterocycles. The predicted molar refractivity (Wildman–Crippen MR) is 96.4 cm³/mol. The number of amides is 1. The van der Waals surface area contributed by atoms with Crippen molar-refractivity contribution in [2.24, 2.45) is 0 Å². The Morgan fingerprint density at radius 2 is 2.04 bits per heavy atom. The molecule has 0 saturated carbocycles. The van der Waals surface area contributed by atoms with E-state index in [0.717, 1.165) is 12.5 Å². The minimum atomic E-state index is -4.53. The van der Waals surface area contributed by atoms with Gasteiger partial charge in [0.25, 0.3) is 0 Å². The Bertz CT molecular complexity index is 845. The number of benzene rings is 1. The average molecular weight is 394 g/mol. The summed E-state index contributed by atoms with van der Waals surface area (Å²) >= 11 is 0. The summed E-state index contributed by atoms with van der Waals surface area (Å²) in [6, 6.07) is 5.05. The summed E-state index contributed by atoms with van der Waals surface area (Å²) in [5.74, 6) is -0.393. The second-order valence-electron chi connectivity index (χ2n) is 6.98. The summed E-state index contributed by atoms with van der Waals surface area (Å²) in [4.78, 5) is 13.4. The molecule has 28 heavy (non-hydrogen) atoms. The molecule has 9 heteroatoms. The molecule has 0 bridgehead atoms. The normalized spacial score (nSPS) is 17.8. The van der Waals surface area contributed by atoms with Crippen LogP contribution < -0.4 is 5.32 Å². The van der Waals surface area contributed by atoms with Crippen LogP contribution in [-0.4, -0.2) is 45.7 Å². The van der Waals surface area contributed by atoms with Gasteiger partial charge in [-0.15, -0.1) is 0 Å². The van der Waals surface area contributed by atoms with E-state index in [4.69, 9.17) is 0 Å². The number of likely N-dealkylation sites (tertiary alicyclic amines) is 1. The molecule has 0 aliphatic carbocycles. The molecule has 1 amide bonds. The number of rotatable bonds is 4. The van der Waals surface area contributed by atoms with Crippen LogP contribution in [0.5, 0.6) is 5.75 Å². The number of aromatic hydroxyl groups is 1. The van der Waals surface area contributed by atoms with E-state index in [1.54, 1.807) is 24.1 Å². The molecular weight excluding hydrogens is 373 g/mol. The smallest absolute Gasteiger partial charge is 0.416 e. The lowest BCUT2D eigenvalue weighted by atomic mass is 10.0. The first-order chi connectivity index (χ1) is 13.1. The van der Waals surface area contributed by atoms with Gasteiger partial charge >= 0.3 is 6.18 Å². The molecule has 150 valence electrons. The van der Waals surface area contributed by atoms with Crippen molar-refractivity contribution in [1.29, 1.82) is 0 Å². The van der Waals surface area contributed by atoms with Gasteiger partial charge in [-0.1, -0.05) is 0 Å². The molecule has 1 saturated heterocycles. The van der Waals surface area contributed by atoms with Gasteiger partial charge in [-0.2, -0.15) is 23.4 Å². The van der Waals surface area contributed by atoms with E-state index in [-0.39, 0.29) is 23.1 Å². The number of aryl methyl sites for hydroxylation is 1. The monoisotopic (exact) mass is 394 g/mol. The largest absolute Gasteiger partial charge is 0.507 e. The number of carbonyl (C=O) groups is 1. The minimum absolute atomic E-state index is 0.0754. The van der Waals surface area contributed by atoms with Gasteiger partial charge < -0.3 is 15.3 Å². The third-order valence-corrected chi connectivity index (χ3v) is 4.85. The fourth-order valence-corrected chi connectivity index (χ4v) is 3.22. The first-order valence-corrected chi connectivity index (χ1v) is 8.86. The van der Waals surface area contributed by atoms with Gasteiger partial charge in [-0.3, -0.25) is 4.79 Å². The number of aromatic nitrogens is 2. The molecule has 1 aliphatic heterocycles. The average Bonchev–Trinajstić information content (AvgIpc) is 2.62. The van der Waals surface area contributed by atoms with E-state index in [2.05, 4.69) is 15.5 Å². The number of hydrogen-bond donors (Lipinski definition) is 2. The van der Waals surface area contributed by atoms with Crippen molar-refractivity contribution in [3.63, 3.8) is 0 Å². The zero-order chi connectivity index (χ0) is 20.5. The molecule has 0 radical (unpaired) electrons. The highest BCUT2D eigenvalue weighted by Gasteiger charge is 2.32. The lowest BCUT2D eigenvalue weighted by molar-refractivity contribution is -0.137. The second-order valence-corrected chi connectivity index (χ2v) is 6.98. The van der Waals surface area contributed by atoms with Gasteiger partial charge in [-0.05, 0) is 43.2 Å². The summed E-state index contributed by atoms with van der Waals surface area (Å²) < 4.78 is 38.5. The molecule has 1 fully saturated rings. The number of halogens is 3. The number of carbonyl (C=O) groups excluding carboxylic acids is 1. The van der Waals surface area contributed by atoms with Gasteiger partial charge in [0.1, 0.15) is 5.75 Å². The highest BCUT2D eigenvalue weighted by molar-refractivity contribution is 5.77. The Labute approximate surface area is 160 Å². The van der Waals surface area contributed by atoms with Crippen LogP contribution in [0.4, 0.5) is 13.2 Å². The van der Waals surface area contributed by atoms with E-state index in [1.165, 1.54) is 6.92 Å². The Morgan fingerprint density at radius 3 is 2.61 bits per heavy atom. The Balaban J connectivity index is 1.70. The standard InChI is InChI=1S/C19H21F3N4O2/c1-11-7-12(19(20,21)22)8-16(27)18(11)15-4-3-14(24-25-15)10-23-13-5-6-26(2)17(28)9-13/h3-4,7-8,13,23,27H,5-6,9-10H2,1-2H3. The maximum Gasteiger partial charge on any atom is 0.416 e. The van der Waals surface area contributed by atoms with Gasteiger partial charge in [0.15, 0.2) is 0 Å². The number of phenolic OH excluding ortho intramolecular Hbond substituents is 1. The molecule has 2 N–H and O–H groups in total. The highest BCUT2D eigenvalue weighted by atomic mass is 19.4. The van der Waals surface area contributed by atoms with Crippen molar-refractivity contribution in [3.05, 3.63) is 41.1 Å². The highest BCUT2D eigenvalue weighted by Crippen LogP contribution is 2.38. The zero-order valence-electron chi connectivity index (χ0n) is 15.5. The molecule has 1 aromatic carbocycles. The first-order valence-electron chi connectivity index (χ1n) is 8.86. The van der Waals surface area contributed by atoms with Crippen LogP contribution in [-0.2, 0) is 17.5 Å². The molecule has 1 aliphatic rings. The van der Waals surface area contributed by atoms with Gasteiger partial charge in [0.2, 0.25) is 5.91 Å². The van der Waals surface area contributed by atoms with Gasteiger partial charge in [-0.25, -0.2) is 0 Å². The third kappa shape index (κ3) is 4.41. The van der Waals surface area contributed by atoms with Crippen LogP contribution in [0, 0.1) is 6.92 Å². The zero-order valence-corrected chi connectivity index (χ0v) is 15.5. The molecular formula is C19H21F3N4O2. The van der Waals surface area contributed by atoms with Gasteiger partial charge in [0.05, 0.1) is 17.0 Å². The fourth-order valence-electron chi connectivity index (χ4n) is 3.22. The number of piperidine rings is 1. The van der Waals surface area contributed by atoms with Crippen molar-refractivity contribution in [1.82, 2.24) is 20.4 Å². The van der Waals surface area contributed by atoms with Crippen LogP contribution in [0.3, 0.4) is 0 Å². The minimum Gasteiger partial charge on any atom is -0.507 e. The number of nitrogens with one attached hydrogen (secondary N) is 1. The Kier molecular flexibility index (Phi) is 5.55. The molecule has 1 atom stereocenters. The maximum atomic E-state index is 12.8. The maximum absolute atomic E-state index is 12.8. The Hall–Kier alpha value is -2.68. The number of alkyl halides is 3. The van der Waals surface area contributed by atoms with E-state index < -0.39 is 17.5 Å². The summed E-state index contributed by atoms with van der Waals surface area (Å²) in [5, 5.41) is 21.5. The van der Waals surface area contributed by atoms with Crippen LogP contribution in [0.15, 0.2) is 24.3 Å². The van der Waals surface area contributed by atoms with Crippen LogP contribution in [0.1, 0.15) is 29.7 Å². The number of hydrogen-bond acceptors (Lipinski definition) is 5. The van der Waals surface area contributed by atoms with Crippen LogP contribution in [0.2, 0.25) is 0 Å². The quantitative estimate of drug-likeness (QED) is 0.834. The molecule has 2 aromatic rings. The van der Waals surface area contributed by atoms with Crippen molar-refractivity contribution in [3.8, 4) is 17.0 Å². The molecule has 0 spiro atoms. The van der Waals surface area contributed by atoms with E-state index in [9.17, 15) is 23.1 Å². The molecule has 6 nitrogen and oxygen atoms in total. The predicted octanol–water partition coefficient (Wildman–Crippen LogP) is 2.89. The summed E-state index contributed by atoms with van der Waals surface area (Å²) in [7, 11) is 1.78.